The minimum atomic E-state index is -0.170. The van der Waals surface area contributed by atoms with Gasteiger partial charge in [0.2, 0.25) is 5.91 Å². The summed E-state index contributed by atoms with van der Waals surface area (Å²) in [4.78, 5) is 16.8. The highest BCUT2D eigenvalue weighted by Gasteiger charge is 2.51. The Labute approximate surface area is 169 Å². The number of aliphatic hydroxyl groups excluding tert-OH is 1. The smallest absolute Gasteiger partial charge is 0.224 e. The van der Waals surface area contributed by atoms with Crippen LogP contribution in [0.5, 0.6) is 0 Å². The fourth-order valence-corrected chi connectivity index (χ4v) is 4.26. The predicted molar refractivity (Wildman–Crippen MR) is 107 cm³/mol. The van der Waals surface area contributed by atoms with E-state index in [1.165, 1.54) is 12.8 Å². The first kappa shape index (κ1) is 23.9. The molecule has 2 heterocycles. The van der Waals surface area contributed by atoms with Gasteiger partial charge < -0.3 is 25.0 Å². The Bertz CT molecular complexity index is 451. The van der Waals surface area contributed by atoms with Gasteiger partial charge in [-0.05, 0) is 44.6 Å². The van der Waals surface area contributed by atoms with Gasteiger partial charge in [-0.2, -0.15) is 0 Å². The van der Waals surface area contributed by atoms with E-state index in [1.807, 2.05) is 4.90 Å². The molecule has 2 saturated heterocycles. The third-order valence-electron chi connectivity index (χ3n) is 6.16. The molecule has 1 spiro atoms. The molecule has 0 aromatic rings. The summed E-state index contributed by atoms with van der Waals surface area (Å²) in [5.41, 5.74) is 0.254. The SMILES string of the molecule is COC[C@H](CCN1CCC2(CC2)C(O)C1)N1CC(C)NCCC1=O.Cl.Cl. The van der Waals surface area contributed by atoms with Gasteiger partial charge in [0.05, 0.1) is 18.8 Å². The van der Waals surface area contributed by atoms with Crippen molar-refractivity contribution in [2.24, 2.45) is 5.41 Å². The molecular formula is C18H35Cl2N3O3. The molecule has 0 aromatic carbocycles. The molecule has 2 N–H and O–H groups in total. The van der Waals surface area contributed by atoms with Crippen molar-refractivity contribution in [2.45, 2.75) is 57.2 Å². The van der Waals surface area contributed by atoms with Gasteiger partial charge in [0.25, 0.3) is 0 Å². The number of β-amino-alcohol motifs (C(OH)–C–C–N with tert-alkyl or cyclic N) is 1. The van der Waals surface area contributed by atoms with E-state index in [0.717, 1.165) is 45.6 Å². The summed E-state index contributed by atoms with van der Waals surface area (Å²) >= 11 is 0. The number of nitrogens with zero attached hydrogens (tertiary/aromatic N) is 2. The number of methoxy groups -OCH3 is 1. The van der Waals surface area contributed by atoms with E-state index < -0.39 is 0 Å². The zero-order valence-corrected chi connectivity index (χ0v) is 17.6. The van der Waals surface area contributed by atoms with E-state index in [2.05, 4.69) is 17.1 Å². The molecule has 0 aromatic heterocycles. The van der Waals surface area contributed by atoms with Crippen molar-refractivity contribution >= 4 is 30.7 Å². The van der Waals surface area contributed by atoms with Crippen LogP contribution in [0.1, 0.15) is 39.0 Å². The molecule has 0 radical (unpaired) electrons. The average molecular weight is 412 g/mol. The molecule has 3 atom stereocenters. The molecule has 6 nitrogen and oxygen atoms in total. The van der Waals surface area contributed by atoms with Crippen LogP contribution in [0.15, 0.2) is 0 Å². The Balaban J connectivity index is 0.00000169. The number of amides is 1. The second kappa shape index (κ2) is 10.4. The molecule has 1 amide bonds. The summed E-state index contributed by atoms with van der Waals surface area (Å²) in [5, 5.41) is 13.7. The lowest BCUT2D eigenvalue weighted by Gasteiger charge is -2.38. The predicted octanol–water partition coefficient (Wildman–Crippen LogP) is 1.29. The van der Waals surface area contributed by atoms with Gasteiger partial charge in [-0.25, -0.2) is 0 Å². The maximum Gasteiger partial charge on any atom is 0.224 e. The van der Waals surface area contributed by atoms with Crippen molar-refractivity contribution in [3.63, 3.8) is 0 Å². The van der Waals surface area contributed by atoms with Crippen LogP contribution in [0.4, 0.5) is 0 Å². The van der Waals surface area contributed by atoms with Gasteiger partial charge in [-0.1, -0.05) is 0 Å². The van der Waals surface area contributed by atoms with Crippen LogP contribution < -0.4 is 5.32 Å². The number of nitrogens with one attached hydrogen (secondary N) is 1. The van der Waals surface area contributed by atoms with Crippen molar-refractivity contribution in [1.29, 1.82) is 0 Å². The molecule has 3 rings (SSSR count). The molecule has 1 aliphatic carbocycles. The first-order chi connectivity index (χ1) is 11.5. The summed E-state index contributed by atoms with van der Waals surface area (Å²) in [6.07, 6.45) is 4.81. The minimum absolute atomic E-state index is 0. The average Bonchev–Trinajstić information content (AvgIpc) is 3.34. The highest BCUT2D eigenvalue weighted by Crippen LogP contribution is 2.53. The first-order valence-corrected chi connectivity index (χ1v) is 9.46. The Kier molecular flexibility index (Phi) is 9.61. The van der Waals surface area contributed by atoms with E-state index >= 15 is 0 Å². The fourth-order valence-electron chi connectivity index (χ4n) is 4.26. The lowest BCUT2D eigenvalue weighted by atomic mass is 9.90. The zero-order valence-electron chi connectivity index (χ0n) is 16.0. The number of rotatable bonds is 6. The molecule has 3 aliphatic rings. The number of likely N-dealkylation sites (tertiary alicyclic amines) is 1. The van der Waals surface area contributed by atoms with Crippen LogP contribution in [0.2, 0.25) is 0 Å². The maximum atomic E-state index is 12.4. The van der Waals surface area contributed by atoms with E-state index in [0.29, 0.717) is 19.1 Å². The molecule has 8 heteroatoms. The molecule has 0 bridgehead atoms. The molecular weight excluding hydrogens is 377 g/mol. The maximum absolute atomic E-state index is 12.4. The van der Waals surface area contributed by atoms with Crippen molar-refractivity contribution in [2.75, 3.05) is 46.4 Å². The van der Waals surface area contributed by atoms with E-state index in [4.69, 9.17) is 4.74 Å². The molecule has 26 heavy (non-hydrogen) atoms. The third-order valence-corrected chi connectivity index (χ3v) is 6.16. The number of hydrogen-bond acceptors (Lipinski definition) is 5. The fraction of sp³-hybridized carbons (Fsp3) is 0.944. The van der Waals surface area contributed by atoms with E-state index in [9.17, 15) is 9.90 Å². The quantitative estimate of drug-likeness (QED) is 0.689. The Morgan fingerprint density at radius 1 is 1.31 bits per heavy atom. The van der Waals surface area contributed by atoms with Gasteiger partial charge >= 0.3 is 0 Å². The number of piperidine rings is 1. The van der Waals surface area contributed by atoms with Gasteiger partial charge in [0.1, 0.15) is 0 Å². The zero-order chi connectivity index (χ0) is 17.2. The Hall–Kier alpha value is -0.110. The van der Waals surface area contributed by atoms with Crippen LogP contribution in [0.25, 0.3) is 0 Å². The summed E-state index contributed by atoms with van der Waals surface area (Å²) < 4.78 is 5.40. The monoisotopic (exact) mass is 411 g/mol. The first-order valence-electron chi connectivity index (χ1n) is 9.46. The number of carbonyl (C=O) groups excluding carboxylic acids is 1. The topological polar surface area (TPSA) is 65.0 Å². The number of hydrogen-bond donors (Lipinski definition) is 2. The highest BCUT2D eigenvalue weighted by atomic mass is 35.5. The normalized spacial score (nSPS) is 29.5. The highest BCUT2D eigenvalue weighted by molar-refractivity contribution is 5.85. The summed E-state index contributed by atoms with van der Waals surface area (Å²) in [6.45, 7) is 7.00. The van der Waals surface area contributed by atoms with Crippen LogP contribution in [0.3, 0.4) is 0 Å². The van der Waals surface area contributed by atoms with Gasteiger partial charge in [0.15, 0.2) is 0 Å². The van der Waals surface area contributed by atoms with Crippen LogP contribution in [-0.2, 0) is 9.53 Å². The van der Waals surface area contributed by atoms with Crippen LogP contribution >= 0.6 is 24.8 Å². The Morgan fingerprint density at radius 2 is 2.04 bits per heavy atom. The second-order valence-corrected chi connectivity index (χ2v) is 7.98. The second-order valence-electron chi connectivity index (χ2n) is 7.98. The summed E-state index contributed by atoms with van der Waals surface area (Å²) in [7, 11) is 1.71. The number of carbonyl (C=O) groups is 1. The molecule has 2 unspecified atom stereocenters. The van der Waals surface area contributed by atoms with Gasteiger partial charge in [-0.15, -0.1) is 24.8 Å². The molecule has 1 saturated carbocycles. The van der Waals surface area contributed by atoms with Crippen molar-refractivity contribution in [1.82, 2.24) is 15.1 Å². The van der Waals surface area contributed by atoms with Crippen LogP contribution in [-0.4, -0.2) is 85.4 Å². The minimum Gasteiger partial charge on any atom is -0.391 e. The largest absolute Gasteiger partial charge is 0.391 e. The van der Waals surface area contributed by atoms with E-state index in [-0.39, 0.29) is 48.3 Å². The number of halogens is 2. The van der Waals surface area contributed by atoms with Gasteiger partial charge in [-0.3, -0.25) is 4.79 Å². The molecule has 3 fully saturated rings. The number of aliphatic hydroxyl groups is 1. The molecule has 2 aliphatic heterocycles. The standard InChI is InChI=1S/C18H33N3O3.2ClH/c1-14-11-21(17(23)3-8-19-14)15(13-24-2)4-9-20-10-7-18(5-6-18)16(22)12-20;;/h14-16,19,22H,3-13H2,1-2H3;2*1H/t14?,15-,16?;;/m0../s1. The van der Waals surface area contributed by atoms with Gasteiger partial charge in [0, 0.05) is 45.8 Å². The lowest BCUT2D eigenvalue weighted by Crippen LogP contribution is -2.49. The Morgan fingerprint density at radius 3 is 2.65 bits per heavy atom. The van der Waals surface area contributed by atoms with E-state index in [1.54, 1.807) is 7.11 Å². The molecule has 154 valence electrons. The van der Waals surface area contributed by atoms with Crippen molar-refractivity contribution in [3.05, 3.63) is 0 Å². The van der Waals surface area contributed by atoms with Crippen molar-refractivity contribution < 1.29 is 14.6 Å². The summed E-state index contributed by atoms with van der Waals surface area (Å²) in [5.74, 6) is 0.226. The number of ether oxygens (including phenoxy) is 1. The van der Waals surface area contributed by atoms with Crippen molar-refractivity contribution in [3.8, 4) is 0 Å². The summed E-state index contributed by atoms with van der Waals surface area (Å²) in [6, 6.07) is 0.446. The van der Waals surface area contributed by atoms with Crippen LogP contribution in [0, 0.1) is 5.41 Å². The third kappa shape index (κ3) is 5.69. The lowest BCUT2D eigenvalue weighted by molar-refractivity contribution is -0.134.